The number of nitrogens with one attached hydrogen (secondary N) is 1. The van der Waals surface area contributed by atoms with Crippen molar-refractivity contribution in [2.75, 3.05) is 38.1 Å². The van der Waals surface area contributed by atoms with E-state index in [0.717, 1.165) is 0 Å². The molecule has 0 saturated carbocycles. The van der Waals surface area contributed by atoms with E-state index in [1.54, 1.807) is 0 Å². The van der Waals surface area contributed by atoms with Crippen LogP contribution >= 0.6 is 0 Å². The van der Waals surface area contributed by atoms with Crippen molar-refractivity contribution in [1.82, 2.24) is 9.97 Å². The first-order chi connectivity index (χ1) is 16.6. The molecule has 0 unspecified atom stereocenters. The minimum Gasteiger partial charge on any atom is -0.493 e. The molecular weight excluding hydrogens is 346 g/mol. The lowest BCUT2D eigenvalue weighted by atomic mass is 10.0. The first kappa shape index (κ1) is 10.1. The minimum atomic E-state index is -3.04. The number of nitrogens with two attached hydrogens (primary N) is 2. The Morgan fingerprint density at radius 2 is 1.81 bits per heavy atom. The van der Waals surface area contributed by atoms with Gasteiger partial charge >= 0.3 is 0 Å². The summed E-state index contributed by atoms with van der Waals surface area (Å²) in [5, 5.41) is 1.98. The van der Waals surface area contributed by atoms with E-state index in [-0.39, 0.29) is 34.1 Å². The molecule has 0 radical (unpaired) electrons. The number of aryl methyl sites for hydroxylation is 1. The Kier molecular flexibility index (Phi) is 2.77. The quantitative estimate of drug-likeness (QED) is 0.599. The number of fused-ring (bicyclic) bond motifs is 1. The topological polar surface area (TPSA) is 118 Å². The summed E-state index contributed by atoms with van der Waals surface area (Å²) in [7, 11) is 3.73. The van der Waals surface area contributed by atoms with Gasteiger partial charge in [-0.2, -0.15) is 4.98 Å². The molecule has 0 aliphatic rings. The third-order valence-corrected chi connectivity index (χ3v) is 3.57. The highest BCUT2D eigenvalue weighted by Crippen LogP contribution is 2.40. The fourth-order valence-electron chi connectivity index (χ4n) is 2.37. The van der Waals surface area contributed by atoms with Crippen LogP contribution in [0.2, 0.25) is 0 Å². The van der Waals surface area contributed by atoms with E-state index < -0.39 is 60.2 Å². The molecule has 8 nitrogen and oxygen atoms in total. The molecule has 0 fully saturated rings. The molecule has 27 heavy (non-hydrogen) atoms. The van der Waals surface area contributed by atoms with E-state index in [4.69, 9.17) is 38.0 Å². The van der Waals surface area contributed by atoms with Crippen LogP contribution in [0.5, 0.6) is 17.2 Å². The Labute approximate surface area is 170 Å². The van der Waals surface area contributed by atoms with Crippen LogP contribution in [0.4, 0.5) is 17.5 Å². The molecule has 2 aromatic carbocycles. The van der Waals surface area contributed by atoms with Crippen LogP contribution in [0.25, 0.3) is 10.9 Å². The highest BCUT2D eigenvalue weighted by Gasteiger charge is 2.14. The van der Waals surface area contributed by atoms with Crippen molar-refractivity contribution >= 4 is 28.4 Å². The van der Waals surface area contributed by atoms with E-state index in [1.165, 1.54) is 21.3 Å². The van der Waals surface area contributed by atoms with Gasteiger partial charge < -0.3 is 31.0 Å². The number of hydrogen-bond donors (Lipinski definition) is 3. The fourth-order valence-corrected chi connectivity index (χ4v) is 2.37. The molecule has 0 saturated heterocycles. The van der Waals surface area contributed by atoms with E-state index in [0.29, 0.717) is 0 Å². The molecule has 1 aromatic heterocycles. The summed E-state index contributed by atoms with van der Waals surface area (Å²) in [5.41, 5.74) is 9.26. The smallest absolute Gasteiger partial charge is 0.222 e. The molecule has 0 bridgehead atoms. The number of benzene rings is 2. The summed E-state index contributed by atoms with van der Waals surface area (Å²) in [6.07, 6.45) is 0. The van der Waals surface area contributed by atoms with Crippen molar-refractivity contribution in [3.63, 3.8) is 0 Å². The summed E-state index contributed by atoms with van der Waals surface area (Å²) >= 11 is 0. The third kappa shape index (κ3) is 3.46. The average Bonchev–Trinajstić information content (AvgIpc) is 2.77. The Hall–Kier alpha value is -3.42. The van der Waals surface area contributed by atoms with Gasteiger partial charge in [0.25, 0.3) is 0 Å². The van der Waals surface area contributed by atoms with Crippen LogP contribution in [0, 0.1) is 6.85 Å². The summed E-state index contributed by atoms with van der Waals surface area (Å²) in [4.78, 5) is 7.60. The third-order valence-electron chi connectivity index (χ3n) is 3.57. The van der Waals surface area contributed by atoms with Crippen LogP contribution in [0.1, 0.15) is 23.5 Å². The molecule has 142 valence electrons. The van der Waals surface area contributed by atoms with E-state index in [1.807, 2.05) is 0 Å². The number of hydrogen-bond acceptors (Lipinski definition) is 8. The minimum absolute atomic E-state index is 0.0767. The lowest BCUT2D eigenvalue weighted by Gasteiger charge is -2.16. The number of anilines is 3. The molecule has 0 spiro atoms. The molecule has 0 amide bonds. The first-order valence-electron chi connectivity index (χ1n) is 12.1. The number of aromatic nitrogens is 2. The number of nitrogens with zero attached hydrogens (tertiary/aromatic N) is 2. The lowest BCUT2D eigenvalue weighted by molar-refractivity contribution is 0.324. The standard InChI is InChI=1S/C19H23N5O3/c1-10-11(5-6-13-16(10)18(20)24-19(21)23-13)9-22-12-7-14(25-2)17(27-4)15(8-12)26-3/h5-8,22H,9H2,1-4H3,(H4,20,21,23,24)/i1D3,5D,6D,7D,8D,9D2. The molecule has 1 heterocycles. The zero-order valence-corrected chi connectivity index (χ0v) is 14.8. The van der Waals surface area contributed by atoms with Gasteiger partial charge in [-0.15, -0.1) is 0 Å². The summed E-state index contributed by atoms with van der Waals surface area (Å²) < 4.78 is 90.9. The predicted octanol–water partition coefficient (Wildman–Crippen LogP) is 2.74. The van der Waals surface area contributed by atoms with E-state index in [2.05, 4.69) is 15.3 Å². The van der Waals surface area contributed by atoms with Crippen LogP contribution in [-0.4, -0.2) is 31.3 Å². The Bertz CT molecular complexity index is 1330. The summed E-state index contributed by atoms with van der Waals surface area (Å²) in [6, 6.07) is -2.43. The second-order valence-electron chi connectivity index (χ2n) is 5.17. The van der Waals surface area contributed by atoms with Gasteiger partial charge in [-0.05, 0) is 24.0 Å². The van der Waals surface area contributed by atoms with Gasteiger partial charge in [0.15, 0.2) is 11.5 Å². The van der Waals surface area contributed by atoms with Crippen LogP contribution in [-0.2, 0) is 6.50 Å². The van der Waals surface area contributed by atoms with Gasteiger partial charge in [-0.25, -0.2) is 4.98 Å². The Balaban J connectivity index is 2.42. The van der Waals surface area contributed by atoms with Crippen molar-refractivity contribution in [3.05, 3.63) is 35.3 Å². The first-order valence-corrected chi connectivity index (χ1v) is 7.56. The molecule has 5 N–H and O–H groups in total. The van der Waals surface area contributed by atoms with Gasteiger partial charge in [0, 0.05) is 33.8 Å². The monoisotopic (exact) mass is 378 g/mol. The maximum atomic E-state index is 8.71. The zero-order chi connectivity index (χ0) is 27.3. The fraction of sp³-hybridized carbons (Fsp3) is 0.263. The zero-order valence-electron chi connectivity index (χ0n) is 23.8. The van der Waals surface area contributed by atoms with Gasteiger partial charge in [0.05, 0.1) is 35.1 Å². The van der Waals surface area contributed by atoms with E-state index >= 15 is 0 Å². The largest absolute Gasteiger partial charge is 0.493 e. The van der Waals surface area contributed by atoms with Crippen molar-refractivity contribution in [2.45, 2.75) is 13.3 Å². The van der Waals surface area contributed by atoms with Gasteiger partial charge in [-0.3, -0.25) is 0 Å². The van der Waals surface area contributed by atoms with Crippen molar-refractivity contribution < 1.29 is 26.5 Å². The highest BCUT2D eigenvalue weighted by atomic mass is 16.5. The Morgan fingerprint density at radius 3 is 2.41 bits per heavy atom. The van der Waals surface area contributed by atoms with Crippen molar-refractivity contribution in [2.24, 2.45) is 0 Å². The SMILES string of the molecule is [2H]c1c(NC([2H])([2H])c2c([2H])c([2H])c3nc(N)nc(N)c3c2C([2H])([2H])[2H])c([2H])c(OC)c(OC)c1OC. The molecule has 0 aliphatic carbocycles. The Morgan fingerprint density at radius 1 is 1.11 bits per heavy atom. The van der Waals surface area contributed by atoms with Gasteiger partial charge in [0.2, 0.25) is 11.7 Å². The molecule has 3 rings (SSSR count). The highest BCUT2D eigenvalue weighted by molar-refractivity contribution is 5.92. The van der Waals surface area contributed by atoms with Crippen LogP contribution < -0.4 is 31.0 Å². The maximum absolute atomic E-state index is 8.71. The lowest BCUT2D eigenvalue weighted by Crippen LogP contribution is -2.06. The second-order valence-corrected chi connectivity index (χ2v) is 5.17. The van der Waals surface area contributed by atoms with Crippen LogP contribution in [0.3, 0.4) is 0 Å². The van der Waals surface area contributed by atoms with E-state index in [9.17, 15) is 0 Å². The summed E-state index contributed by atoms with van der Waals surface area (Å²) in [6.45, 7) is -5.97. The number of methoxy groups -OCH3 is 3. The molecule has 3 aromatic rings. The normalized spacial score (nSPS) is 16.5. The van der Waals surface area contributed by atoms with Gasteiger partial charge in [0.1, 0.15) is 5.82 Å². The molecule has 0 aliphatic heterocycles. The molecule has 0 atom stereocenters. The second kappa shape index (κ2) is 7.45. The van der Waals surface area contributed by atoms with Gasteiger partial charge in [-0.1, -0.05) is 6.04 Å². The molecule has 8 heteroatoms. The number of ether oxygens (including phenoxy) is 3. The number of nitrogen functional groups attached to an aromatic ring is 2. The number of rotatable bonds is 6. The average molecular weight is 378 g/mol. The van der Waals surface area contributed by atoms with Crippen LogP contribution in [0.15, 0.2) is 24.2 Å². The molecular formula is C19H23N5O3. The maximum Gasteiger partial charge on any atom is 0.222 e. The van der Waals surface area contributed by atoms with Crippen molar-refractivity contribution in [1.29, 1.82) is 0 Å². The van der Waals surface area contributed by atoms with Crippen molar-refractivity contribution in [3.8, 4) is 17.2 Å². The summed E-state index contributed by atoms with van der Waals surface area (Å²) in [5.74, 6) is -1.21. The predicted molar refractivity (Wildman–Crippen MR) is 107 cm³/mol.